The van der Waals surface area contributed by atoms with Crippen LogP contribution in [0.4, 0.5) is 4.39 Å². The number of hydrogen-bond donors (Lipinski definition) is 1. The monoisotopic (exact) mass is 284 g/mol. The molecule has 0 saturated carbocycles. The lowest BCUT2D eigenvalue weighted by Crippen LogP contribution is -2.25. The van der Waals surface area contributed by atoms with Gasteiger partial charge >= 0.3 is 5.97 Å². The van der Waals surface area contributed by atoms with Crippen molar-refractivity contribution >= 4 is 5.97 Å². The molecule has 0 amide bonds. The molecule has 0 radical (unpaired) electrons. The van der Waals surface area contributed by atoms with Gasteiger partial charge in [-0.3, -0.25) is 0 Å². The number of benzene rings is 1. The molecule has 1 aliphatic heterocycles. The largest absolute Gasteiger partial charge is 0.482 e. The van der Waals surface area contributed by atoms with E-state index in [2.05, 4.69) is 0 Å². The third-order valence-electron chi connectivity index (χ3n) is 3.20. The molecule has 2 rings (SSSR count). The average molecular weight is 284 g/mol. The Morgan fingerprint density at radius 2 is 2.30 bits per heavy atom. The van der Waals surface area contributed by atoms with Crippen LogP contribution in [0.15, 0.2) is 18.2 Å². The van der Waals surface area contributed by atoms with Crippen molar-refractivity contribution in [3.63, 3.8) is 0 Å². The van der Waals surface area contributed by atoms with Gasteiger partial charge in [0.25, 0.3) is 0 Å². The van der Waals surface area contributed by atoms with E-state index in [1.807, 2.05) is 0 Å². The van der Waals surface area contributed by atoms with Gasteiger partial charge in [0.1, 0.15) is 11.6 Å². The van der Waals surface area contributed by atoms with E-state index in [0.29, 0.717) is 18.6 Å². The Bertz CT molecular complexity index is 477. The van der Waals surface area contributed by atoms with E-state index in [-0.39, 0.29) is 18.0 Å². The van der Waals surface area contributed by atoms with Gasteiger partial charge in [-0.15, -0.1) is 0 Å². The van der Waals surface area contributed by atoms with Gasteiger partial charge < -0.3 is 19.3 Å². The third-order valence-corrected chi connectivity index (χ3v) is 3.20. The summed E-state index contributed by atoms with van der Waals surface area (Å²) in [6.45, 7) is 0.0418. The topological polar surface area (TPSA) is 65.0 Å². The summed E-state index contributed by atoms with van der Waals surface area (Å²) in [6, 6.07) is 4.13. The Labute approximate surface area is 116 Å². The quantitative estimate of drug-likeness (QED) is 0.897. The molecule has 1 aromatic rings. The number of rotatable bonds is 5. The zero-order valence-corrected chi connectivity index (χ0v) is 11.2. The van der Waals surface area contributed by atoms with Crippen LogP contribution in [0.25, 0.3) is 0 Å². The predicted molar refractivity (Wildman–Crippen MR) is 68.3 cm³/mol. The van der Waals surface area contributed by atoms with Gasteiger partial charge in [0, 0.05) is 26.2 Å². The summed E-state index contributed by atoms with van der Waals surface area (Å²) in [5, 5.41) is 8.57. The smallest absolute Gasteiger partial charge is 0.341 e. The van der Waals surface area contributed by atoms with Gasteiger partial charge in [-0.1, -0.05) is 0 Å². The lowest BCUT2D eigenvalue weighted by atomic mass is 9.99. The van der Waals surface area contributed by atoms with Crippen molar-refractivity contribution in [2.75, 3.05) is 20.3 Å². The van der Waals surface area contributed by atoms with Crippen molar-refractivity contribution in [1.29, 1.82) is 0 Å². The van der Waals surface area contributed by atoms with E-state index >= 15 is 0 Å². The first-order valence-corrected chi connectivity index (χ1v) is 6.38. The Kier molecular flexibility index (Phi) is 4.92. The summed E-state index contributed by atoms with van der Waals surface area (Å²) in [4.78, 5) is 10.5. The van der Waals surface area contributed by atoms with Gasteiger partial charge in [0.15, 0.2) is 6.61 Å². The van der Waals surface area contributed by atoms with E-state index in [4.69, 9.17) is 19.3 Å². The maximum Gasteiger partial charge on any atom is 0.341 e. The molecular weight excluding hydrogens is 267 g/mol. The first-order valence-electron chi connectivity index (χ1n) is 6.38. The second kappa shape index (κ2) is 6.67. The molecule has 1 aromatic carbocycles. The van der Waals surface area contributed by atoms with Crippen LogP contribution in [0.2, 0.25) is 0 Å². The van der Waals surface area contributed by atoms with Gasteiger partial charge in [0.05, 0.1) is 12.2 Å². The molecule has 0 aromatic heterocycles. The van der Waals surface area contributed by atoms with Crippen molar-refractivity contribution < 1.29 is 28.5 Å². The summed E-state index contributed by atoms with van der Waals surface area (Å²) >= 11 is 0. The fourth-order valence-electron chi connectivity index (χ4n) is 2.21. The third kappa shape index (κ3) is 3.91. The normalized spacial score (nSPS) is 22.5. The Hall–Kier alpha value is -1.66. The molecule has 20 heavy (non-hydrogen) atoms. The molecule has 2 unspecified atom stereocenters. The molecule has 1 fully saturated rings. The molecule has 0 spiro atoms. The number of halogens is 1. The Morgan fingerprint density at radius 1 is 1.50 bits per heavy atom. The SMILES string of the molecule is COC1CCOC(c2cc(F)cc(OCC(=O)O)c2)C1. The van der Waals surface area contributed by atoms with Crippen LogP contribution < -0.4 is 4.74 Å². The summed E-state index contributed by atoms with van der Waals surface area (Å²) < 4.78 is 29.5. The maximum atomic E-state index is 13.6. The number of ether oxygens (including phenoxy) is 3. The van der Waals surface area contributed by atoms with Gasteiger partial charge in [-0.25, -0.2) is 9.18 Å². The fourth-order valence-corrected chi connectivity index (χ4v) is 2.21. The van der Waals surface area contributed by atoms with Crippen LogP contribution in [0, 0.1) is 5.82 Å². The van der Waals surface area contributed by atoms with Crippen LogP contribution in [0.1, 0.15) is 24.5 Å². The first-order chi connectivity index (χ1) is 9.58. The zero-order chi connectivity index (χ0) is 14.5. The van der Waals surface area contributed by atoms with Crippen LogP contribution in [-0.4, -0.2) is 37.5 Å². The summed E-state index contributed by atoms with van der Waals surface area (Å²) in [5.41, 5.74) is 0.632. The molecule has 110 valence electrons. The highest BCUT2D eigenvalue weighted by Crippen LogP contribution is 2.31. The van der Waals surface area contributed by atoms with Gasteiger partial charge in [0.2, 0.25) is 0 Å². The standard InChI is InChI=1S/C14H17FO5/c1-18-11-2-3-19-13(7-11)9-4-10(15)6-12(5-9)20-8-14(16)17/h4-6,11,13H,2-3,7-8H2,1H3,(H,16,17). The molecular formula is C14H17FO5. The molecule has 0 bridgehead atoms. The molecule has 1 aliphatic rings. The average Bonchev–Trinajstić information content (AvgIpc) is 2.44. The Morgan fingerprint density at radius 3 is 3.00 bits per heavy atom. The summed E-state index contributed by atoms with van der Waals surface area (Å²) in [6.07, 6.45) is 1.26. The molecule has 2 atom stereocenters. The predicted octanol–water partition coefficient (Wildman–Crippen LogP) is 2.16. The van der Waals surface area contributed by atoms with E-state index in [1.54, 1.807) is 13.2 Å². The van der Waals surface area contributed by atoms with Crippen molar-refractivity contribution in [2.24, 2.45) is 0 Å². The van der Waals surface area contributed by atoms with E-state index in [0.717, 1.165) is 12.5 Å². The highest BCUT2D eigenvalue weighted by molar-refractivity contribution is 5.68. The lowest BCUT2D eigenvalue weighted by Gasteiger charge is -2.29. The van der Waals surface area contributed by atoms with Gasteiger partial charge in [-0.2, -0.15) is 0 Å². The van der Waals surface area contributed by atoms with Crippen LogP contribution in [0.3, 0.4) is 0 Å². The number of carbonyl (C=O) groups is 1. The fraction of sp³-hybridized carbons (Fsp3) is 0.500. The number of methoxy groups -OCH3 is 1. The van der Waals surface area contributed by atoms with Crippen molar-refractivity contribution in [1.82, 2.24) is 0 Å². The molecule has 0 aliphatic carbocycles. The summed E-state index contributed by atoms with van der Waals surface area (Å²) in [5.74, 6) is -1.40. The first kappa shape index (κ1) is 14.7. The molecule has 1 saturated heterocycles. The molecule has 6 heteroatoms. The maximum absolute atomic E-state index is 13.6. The minimum atomic E-state index is -1.11. The zero-order valence-electron chi connectivity index (χ0n) is 11.2. The van der Waals surface area contributed by atoms with Crippen LogP contribution >= 0.6 is 0 Å². The van der Waals surface area contributed by atoms with Crippen LogP contribution in [0.5, 0.6) is 5.75 Å². The minimum Gasteiger partial charge on any atom is -0.482 e. The molecule has 1 N–H and O–H groups in total. The minimum absolute atomic E-state index is 0.0837. The van der Waals surface area contributed by atoms with E-state index in [9.17, 15) is 9.18 Å². The molecule has 5 nitrogen and oxygen atoms in total. The van der Waals surface area contributed by atoms with Crippen molar-refractivity contribution in [3.05, 3.63) is 29.6 Å². The van der Waals surface area contributed by atoms with Gasteiger partial charge in [-0.05, 0) is 24.1 Å². The highest BCUT2D eigenvalue weighted by Gasteiger charge is 2.24. The number of aliphatic carboxylic acids is 1. The van der Waals surface area contributed by atoms with Crippen molar-refractivity contribution in [3.8, 4) is 5.75 Å². The number of hydrogen-bond acceptors (Lipinski definition) is 4. The second-order valence-electron chi connectivity index (χ2n) is 4.64. The molecule has 1 heterocycles. The lowest BCUT2D eigenvalue weighted by molar-refractivity contribution is -0.139. The number of carboxylic acid groups (broad SMARTS) is 1. The van der Waals surface area contributed by atoms with E-state index < -0.39 is 18.4 Å². The highest BCUT2D eigenvalue weighted by atomic mass is 19.1. The van der Waals surface area contributed by atoms with E-state index in [1.165, 1.54) is 6.07 Å². The van der Waals surface area contributed by atoms with Crippen molar-refractivity contribution in [2.45, 2.75) is 25.0 Å². The second-order valence-corrected chi connectivity index (χ2v) is 4.64. The Balaban J connectivity index is 2.12. The van der Waals surface area contributed by atoms with Crippen LogP contribution in [-0.2, 0) is 14.3 Å². The number of carboxylic acids is 1. The summed E-state index contributed by atoms with van der Waals surface area (Å²) in [7, 11) is 1.64.